The van der Waals surface area contributed by atoms with Crippen molar-refractivity contribution < 1.29 is 17.9 Å². The van der Waals surface area contributed by atoms with Crippen LogP contribution < -0.4 is 4.74 Å². The number of methoxy groups -OCH3 is 1. The summed E-state index contributed by atoms with van der Waals surface area (Å²) >= 11 is 5.87. The zero-order valence-electron chi connectivity index (χ0n) is 12.0. The zero-order chi connectivity index (χ0) is 16.8. The van der Waals surface area contributed by atoms with Gasteiger partial charge in [-0.2, -0.15) is 18.2 Å². The molecule has 8 heteroatoms. The first kappa shape index (κ1) is 15.6. The summed E-state index contributed by atoms with van der Waals surface area (Å²) in [5.41, 5.74) is 1.60. The Labute approximate surface area is 134 Å². The van der Waals surface area contributed by atoms with Crippen molar-refractivity contribution in [1.82, 2.24) is 14.5 Å². The number of fused-ring (bicyclic) bond motifs is 3. The van der Waals surface area contributed by atoms with Gasteiger partial charge in [-0.05, 0) is 29.3 Å². The summed E-state index contributed by atoms with van der Waals surface area (Å²) in [4.78, 5) is 7.96. The van der Waals surface area contributed by atoms with Crippen LogP contribution in [-0.4, -0.2) is 27.8 Å². The number of hydrogen-bond donors (Lipinski definition) is 0. The number of alkyl halides is 3. The molecule has 0 N–H and O–H groups in total. The maximum Gasteiger partial charge on any atom is 0.406 e. The van der Waals surface area contributed by atoms with Gasteiger partial charge in [0.2, 0.25) is 11.2 Å². The molecule has 3 aromatic rings. The van der Waals surface area contributed by atoms with Crippen LogP contribution in [0.4, 0.5) is 13.2 Å². The first-order valence-electron chi connectivity index (χ1n) is 6.56. The van der Waals surface area contributed by atoms with Gasteiger partial charge in [0.25, 0.3) is 0 Å². The van der Waals surface area contributed by atoms with E-state index in [0.29, 0.717) is 16.4 Å². The predicted octanol–water partition coefficient (Wildman–Crippen LogP) is 4.45. The summed E-state index contributed by atoms with van der Waals surface area (Å²) in [6, 6.07) is 4.98. The number of halogens is 4. The topological polar surface area (TPSA) is 39.9 Å². The SMILES string of the molecule is C=Cc1ccc2c(c1)c1nc(Cl)nc(OC)c1n2CC(F)(F)F. The van der Waals surface area contributed by atoms with Crippen molar-refractivity contribution >= 4 is 39.6 Å². The molecule has 0 aliphatic carbocycles. The fourth-order valence-electron chi connectivity index (χ4n) is 2.55. The second-order valence-electron chi connectivity index (χ2n) is 4.88. The van der Waals surface area contributed by atoms with Crippen LogP contribution in [0.25, 0.3) is 28.0 Å². The highest BCUT2D eigenvalue weighted by Gasteiger charge is 2.31. The first-order chi connectivity index (χ1) is 10.8. The predicted molar refractivity (Wildman–Crippen MR) is 82.7 cm³/mol. The Balaban J connectivity index is 2.48. The first-order valence-corrected chi connectivity index (χ1v) is 6.94. The summed E-state index contributed by atoms with van der Waals surface area (Å²) < 4.78 is 45.2. The molecule has 0 aliphatic heterocycles. The van der Waals surface area contributed by atoms with Crippen LogP contribution in [0.1, 0.15) is 5.56 Å². The van der Waals surface area contributed by atoms with Crippen LogP contribution in [0, 0.1) is 0 Å². The molecule has 2 aromatic heterocycles. The van der Waals surface area contributed by atoms with E-state index in [-0.39, 0.29) is 16.7 Å². The second kappa shape index (κ2) is 5.42. The van der Waals surface area contributed by atoms with Crippen molar-refractivity contribution in [3.63, 3.8) is 0 Å². The third-order valence-electron chi connectivity index (χ3n) is 3.43. The molecule has 0 bridgehead atoms. The summed E-state index contributed by atoms with van der Waals surface area (Å²) in [7, 11) is 1.32. The number of ether oxygens (including phenoxy) is 1. The summed E-state index contributed by atoms with van der Waals surface area (Å²) in [6.45, 7) is 2.49. The monoisotopic (exact) mass is 341 g/mol. The van der Waals surface area contributed by atoms with Crippen molar-refractivity contribution in [2.45, 2.75) is 12.7 Å². The molecule has 2 heterocycles. The minimum Gasteiger partial charge on any atom is -0.479 e. The molecule has 120 valence electrons. The lowest BCUT2D eigenvalue weighted by molar-refractivity contribution is -0.139. The van der Waals surface area contributed by atoms with Crippen LogP contribution >= 0.6 is 11.6 Å². The van der Waals surface area contributed by atoms with Gasteiger partial charge in [-0.15, -0.1) is 0 Å². The van der Waals surface area contributed by atoms with Crippen LogP contribution in [-0.2, 0) is 6.54 Å². The second-order valence-corrected chi connectivity index (χ2v) is 5.22. The normalized spacial score (nSPS) is 12.0. The molecule has 0 unspecified atom stereocenters. The van der Waals surface area contributed by atoms with Crippen molar-refractivity contribution in [3.8, 4) is 5.88 Å². The van der Waals surface area contributed by atoms with Gasteiger partial charge in [0, 0.05) is 5.39 Å². The minimum absolute atomic E-state index is 0.000558. The van der Waals surface area contributed by atoms with Gasteiger partial charge >= 0.3 is 6.18 Å². The van der Waals surface area contributed by atoms with Gasteiger partial charge in [-0.25, -0.2) is 4.98 Å². The van der Waals surface area contributed by atoms with E-state index in [1.807, 2.05) is 0 Å². The van der Waals surface area contributed by atoms with E-state index < -0.39 is 12.7 Å². The Morgan fingerprint density at radius 2 is 2.09 bits per heavy atom. The van der Waals surface area contributed by atoms with E-state index in [1.54, 1.807) is 24.3 Å². The molecule has 0 fully saturated rings. The van der Waals surface area contributed by atoms with E-state index in [4.69, 9.17) is 16.3 Å². The number of aromatic nitrogens is 3. The van der Waals surface area contributed by atoms with E-state index in [2.05, 4.69) is 16.5 Å². The van der Waals surface area contributed by atoms with Crippen molar-refractivity contribution in [3.05, 3.63) is 35.6 Å². The average Bonchev–Trinajstić information content (AvgIpc) is 2.78. The lowest BCUT2D eigenvalue weighted by Gasteiger charge is -2.11. The molecule has 1 aromatic carbocycles. The zero-order valence-corrected chi connectivity index (χ0v) is 12.7. The molecule has 0 spiro atoms. The van der Waals surface area contributed by atoms with Crippen LogP contribution in [0.2, 0.25) is 5.28 Å². The summed E-state index contributed by atoms with van der Waals surface area (Å²) in [6.07, 6.45) is -2.80. The van der Waals surface area contributed by atoms with Gasteiger partial charge in [-0.3, -0.25) is 0 Å². The molecular weight excluding hydrogens is 331 g/mol. The molecule has 0 saturated carbocycles. The fraction of sp³-hybridized carbons (Fsp3) is 0.200. The quantitative estimate of drug-likeness (QED) is 0.661. The third kappa shape index (κ3) is 2.72. The van der Waals surface area contributed by atoms with Crippen molar-refractivity contribution in [1.29, 1.82) is 0 Å². The van der Waals surface area contributed by atoms with Crippen LogP contribution in [0.3, 0.4) is 0 Å². The minimum atomic E-state index is -4.40. The molecular formula is C15H11ClF3N3O. The molecule has 0 radical (unpaired) electrons. The largest absolute Gasteiger partial charge is 0.479 e. The third-order valence-corrected chi connectivity index (χ3v) is 3.60. The molecule has 0 saturated heterocycles. The number of hydrogen-bond acceptors (Lipinski definition) is 3. The number of benzene rings is 1. The lowest BCUT2D eigenvalue weighted by atomic mass is 10.1. The number of rotatable bonds is 3. The molecule has 3 rings (SSSR count). The maximum atomic E-state index is 13.0. The van der Waals surface area contributed by atoms with Gasteiger partial charge in [0.1, 0.15) is 17.6 Å². The Morgan fingerprint density at radius 1 is 1.35 bits per heavy atom. The van der Waals surface area contributed by atoms with Crippen LogP contribution in [0.15, 0.2) is 24.8 Å². The highest BCUT2D eigenvalue weighted by atomic mass is 35.5. The molecule has 23 heavy (non-hydrogen) atoms. The van der Waals surface area contributed by atoms with Gasteiger partial charge in [0.05, 0.1) is 12.6 Å². The molecule has 0 aliphatic rings. The maximum absolute atomic E-state index is 13.0. The highest BCUT2D eigenvalue weighted by Crippen LogP contribution is 2.36. The molecule has 4 nitrogen and oxygen atoms in total. The van der Waals surface area contributed by atoms with E-state index in [1.165, 1.54) is 7.11 Å². The average molecular weight is 342 g/mol. The van der Waals surface area contributed by atoms with Crippen molar-refractivity contribution in [2.75, 3.05) is 7.11 Å². The Hall–Kier alpha value is -2.28. The van der Waals surface area contributed by atoms with E-state index >= 15 is 0 Å². The fourth-order valence-corrected chi connectivity index (χ4v) is 2.71. The summed E-state index contributed by atoms with van der Waals surface area (Å²) in [5, 5.41) is 0.439. The van der Waals surface area contributed by atoms with Crippen LogP contribution in [0.5, 0.6) is 5.88 Å². The summed E-state index contributed by atoms with van der Waals surface area (Å²) in [5.74, 6) is 0.000558. The molecule has 0 atom stereocenters. The Bertz CT molecular complexity index is 918. The van der Waals surface area contributed by atoms with E-state index in [9.17, 15) is 13.2 Å². The number of nitrogens with zero attached hydrogens (tertiary/aromatic N) is 3. The molecule has 0 amide bonds. The van der Waals surface area contributed by atoms with Gasteiger partial charge in [-0.1, -0.05) is 18.7 Å². The Kier molecular flexibility index (Phi) is 3.68. The smallest absolute Gasteiger partial charge is 0.406 e. The standard InChI is InChI=1S/C15H11ClF3N3O/c1-3-8-4-5-10-9(6-8)11-12(22(10)7-15(17,18)19)13(23-2)21-14(16)20-11/h3-6H,1,7H2,2H3. The van der Waals surface area contributed by atoms with Crippen molar-refractivity contribution in [2.24, 2.45) is 0 Å². The van der Waals surface area contributed by atoms with Gasteiger partial charge < -0.3 is 9.30 Å². The lowest BCUT2D eigenvalue weighted by Crippen LogP contribution is -2.17. The van der Waals surface area contributed by atoms with Gasteiger partial charge in [0.15, 0.2) is 0 Å². The highest BCUT2D eigenvalue weighted by molar-refractivity contribution is 6.29. The van der Waals surface area contributed by atoms with E-state index in [0.717, 1.165) is 10.1 Å². The Morgan fingerprint density at radius 3 is 2.70 bits per heavy atom.